The molecule has 4 rings (SSSR count). The second-order valence-corrected chi connectivity index (χ2v) is 10.7. The predicted octanol–water partition coefficient (Wildman–Crippen LogP) is 3.23. The van der Waals surface area contributed by atoms with E-state index in [1.807, 2.05) is 6.07 Å². The van der Waals surface area contributed by atoms with Crippen LogP contribution >= 0.6 is 0 Å². The minimum Gasteiger partial charge on any atom is -0.381 e. The van der Waals surface area contributed by atoms with Crippen molar-refractivity contribution in [3.8, 4) is 0 Å². The van der Waals surface area contributed by atoms with Crippen LogP contribution in [-0.4, -0.2) is 51.5 Å². The van der Waals surface area contributed by atoms with Gasteiger partial charge in [-0.05, 0) is 67.6 Å². The van der Waals surface area contributed by atoms with E-state index < -0.39 is 15.8 Å². The normalized spacial score (nSPS) is 19.8. The quantitative estimate of drug-likeness (QED) is 0.692. The Morgan fingerprint density at radius 1 is 1.03 bits per heavy atom. The third-order valence-electron chi connectivity index (χ3n) is 6.76. The van der Waals surface area contributed by atoms with Crippen molar-refractivity contribution >= 4 is 15.9 Å². The van der Waals surface area contributed by atoms with E-state index in [4.69, 9.17) is 4.74 Å². The maximum absolute atomic E-state index is 13.9. The van der Waals surface area contributed by atoms with Crippen LogP contribution in [0.2, 0.25) is 0 Å². The molecule has 2 heterocycles. The number of nitrogens with one attached hydrogen (secondary N) is 1. The minimum absolute atomic E-state index is 0.0448. The van der Waals surface area contributed by atoms with Crippen molar-refractivity contribution in [2.24, 2.45) is 5.92 Å². The first kappa shape index (κ1) is 23.8. The number of nitrogens with zero attached hydrogens (tertiary/aromatic N) is 1. The van der Waals surface area contributed by atoms with E-state index in [2.05, 4.69) is 5.32 Å². The summed E-state index contributed by atoms with van der Waals surface area (Å²) in [4.78, 5) is 13.0. The van der Waals surface area contributed by atoms with Crippen LogP contribution in [0.3, 0.4) is 0 Å². The fourth-order valence-electron chi connectivity index (χ4n) is 4.66. The fraction of sp³-hybridized carbons (Fsp3) is 0.458. The number of amides is 1. The Morgan fingerprint density at radius 3 is 2.33 bits per heavy atom. The van der Waals surface area contributed by atoms with Crippen molar-refractivity contribution in [2.45, 2.75) is 36.0 Å². The molecule has 0 aromatic heterocycles. The number of carbonyl (C=O) groups excluding carboxylic acids is 1. The van der Waals surface area contributed by atoms with Crippen LogP contribution in [0.5, 0.6) is 0 Å². The number of rotatable bonds is 6. The fourth-order valence-corrected chi connectivity index (χ4v) is 6.13. The van der Waals surface area contributed by atoms with Gasteiger partial charge in [-0.2, -0.15) is 4.31 Å². The first-order valence-electron chi connectivity index (χ1n) is 11.2. The molecule has 2 aromatic carbocycles. The maximum Gasteiger partial charge on any atom is 0.243 e. The number of ether oxygens (including phenoxy) is 1. The zero-order valence-electron chi connectivity index (χ0n) is 18.3. The molecular formula is C24H28F2N2O4S. The van der Waals surface area contributed by atoms with Gasteiger partial charge in [0.15, 0.2) is 0 Å². The molecule has 2 aromatic rings. The Morgan fingerprint density at radius 2 is 1.70 bits per heavy atom. The number of sulfonamides is 1. The molecule has 6 nitrogen and oxygen atoms in total. The average molecular weight is 479 g/mol. The molecule has 2 aliphatic heterocycles. The summed E-state index contributed by atoms with van der Waals surface area (Å²) in [6, 6.07) is 11.3. The van der Waals surface area contributed by atoms with Gasteiger partial charge in [-0.1, -0.05) is 12.1 Å². The Bertz CT molecular complexity index is 1080. The van der Waals surface area contributed by atoms with E-state index >= 15 is 0 Å². The summed E-state index contributed by atoms with van der Waals surface area (Å²) in [5, 5.41) is 3.05. The first-order valence-corrected chi connectivity index (χ1v) is 12.6. The number of piperidine rings is 1. The van der Waals surface area contributed by atoms with E-state index in [0.717, 1.165) is 17.7 Å². The molecule has 0 radical (unpaired) electrons. The highest BCUT2D eigenvalue weighted by Gasteiger charge is 2.37. The number of halogens is 2. The van der Waals surface area contributed by atoms with Crippen LogP contribution < -0.4 is 5.32 Å². The Balaban J connectivity index is 1.37. The molecule has 2 fully saturated rings. The lowest BCUT2D eigenvalue weighted by molar-refractivity contribution is -0.126. The van der Waals surface area contributed by atoms with Gasteiger partial charge in [-0.25, -0.2) is 17.2 Å². The van der Waals surface area contributed by atoms with Gasteiger partial charge in [0.25, 0.3) is 0 Å². The molecule has 9 heteroatoms. The third kappa shape index (κ3) is 5.26. The van der Waals surface area contributed by atoms with Gasteiger partial charge in [0.05, 0.1) is 4.90 Å². The molecule has 0 unspecified atom stereocenters. The van der Waals surface area contributed by atoms with E-state index in [0.29, 0.717) is 45.4 Å². The molecule has 0 spiro atoms. The highest BCUT2D eigenvalue weighted by Crippen LogP contribution is 2.35. The van der Waals surface area contributed by atoms with Crippen LogP contribution in [0.25, 0.3) is 0 Å². The zero-order valence-corrected chi connectivity index (χ0v) is 19.1. The number of benzene rings is 2. The van der Waals surface area contributed by atoms with Gasteiger partial charge in [0.1, 0.15) is 11.6 Å². The number of carbonyl (C=O) groups is 1. The molecule has 178 valence electrons. The summed E-state index contributed by atoms with van der Waals surface area (Å²) in [7, 11) is -3.72. The maximum atomic E-state index is 13.9. The highest BCUT2D eigenvalue weighted by molar-refractivity contribution is 7.89. The van der Waals surface area contributed by atoms with E-state index in [9.17, 15) is 22.0 Å². The Kier molecular flexibility index (Phi) is 7.11. The second-order valence-electron chi connectivity index (χ2n) is 8.75. The van der Waals surface area contributed by atoms with Crippen molar-refractivity contribution in [1.82, 2.24) is 9.62 Å². The molecule has 33 heavy (non-hydrogen) atoms. The average Bonchev–Trinajstić information content (AvgIpc) is 2.83. The second kappa shape index (κ2) is 9.87. The minimum atomic E-state index is -3.72. The van der Waals surface area contributed by atoms with Crippen molar-refractivity contribution in [3.05, 3.63) is 65.7 Å². The van der Waals surface area contributed by atoms with Crippen molar-refractivity contribution in [3.63, 3.8) is 0 Å². The standard InChI is InChI=1S/C24H28F2N2O4S/c25-20-4-6-22(7-5-20)33(30,31)28-12-8-18(9-13-28)23(29)27-17-24(10-14-32-15-11-24)19-2-1-3-21(26)16-19/h1-7,16,18H,8-15,17H2,(H,27,29). The lowest BCUT2D eigenvalue weighted by Gasteiger charge is -2.38. The van der Waals surface area contributed by atoms with Gasteiger partial charge in [0, 0.05) is 44.2 Å². The largest absolute Gasteiger partial charge is 0.381 e. The first-order chi connectivity index (χ1) is 15.8. The van der Waals surface area contributed by atoms with Crippen molar-refractivity contribution in [2.75, 3.05) is 32.8 Å². The van der Waals surface area contributed by atoms with E-state index in [1.54, 1.807) is 6.07 Å². The van der Waals surface area contributed by atoms with Crippen LogP contribution in [0.1, 0.15) is 31.2 Å². The summed E-state index contributed by atoms with van der Waals surface area (Å²) >= 11 is 0. The third-order valence-corrected chi connectivity index (χ3v) is 8.68. The molecular weight excluding hydrogens is 450 g/mol. The molecule has 1 N–H and O–H groups in total. The highest BCUT2D eigenvalue weighted by atomic mass is 32.2. The Labute approximate surface area is 193 Å². The van der Waals surface area contributed by atoms with Crippen LogP contribution in [0.15, 0.2) is 53.4 Å². The molecule has 1 amide bonds. The lowest BCUT2D eigenvalue weighted by atomic mass is 9.74. The molecule has 0 aliphatic carbocycles. The van der Waals surface area contributed by atoms with Gasteiger partial charge >= 0.3 is 0 Å². The van der Waals surface area contributed by atoms with Gasteiger partial charge in [-0.15, -0.1) is 0 Å². The molecule has 2 aliphatic rings. The smallest absolute Gasteiger partial charge is 0.243 e. The Hall–Kier alpha value is -2.36. The summed E-state index contributed by atoms with van der Waals surface area (Å²) in [5.74, 6) is -1.21. The van der Waals surface area contributed by atoms with Crippen molar-refractivity contribution in [1.29, 1.82) is 0 Å². The summed E-state index contributed by atoms with van der Waals surface area (Å²) in [6.07, 6.45) is 2.18. The molecule has 0 saturated carbocycles. The molecule has 2 saturated heterocycles. The topological polar surface area (TPSA) is 75.7 Å². The van der Waals surface area contributed by atoms with Gasteiger partial charge in [0.2, 0.25) is 15.9 Å². The molecule has 0 bridgehead atoms. The molecule has 0 atom stereocenters. The predicted molar refractivity (Wildman–Crippen MR) is 119 cm³/mol. The van der Waals surface area contributed by atoms with Gasteiger partial charge < -0.3 is 10.1 Å². The summed E-state index contributed by atoms with van der Waals surface area (Å²) < 4.78 is 59.4. The number of hydrogen-bond donors (Lipinski definition) is 1. The summed E-state index contributed by atoms with van der Waals surface area (Å²) in [5.41, 5.74) is 0.467. The van der Waals surface area contributed by atoms with E-state index in [-0.39, 0.29) is 41.0 Å². The van der Waals surface area contributed by atoms with E-state index in [1.165, 1.54) is 28.6 Å². The lowest BCUT2D eigenvalue weighted by Crippen LogP contribution is -2.48. The van der Waals surface area contributed by atoms with Gasteiger partial charge in [-0.3, -0.25) is 4.79 Å². The van der Waals surface area contributed by atoms with Crippen LogP contribution in [-0.2, 0) is 25.0 Å². The zero-order chi connectivity index (χ0) is 23.5. The van der Waals surface area contributed by atoms with Crippen molar-refractivity contribution < 1.29 is 26.7 Å². The number of hydrogen-bond acceptors (Lipinski definition) is 4. The monoisotopic (exact) mass is 478 g/mol. The van der Waals surface area contributed by atoms with Crippen LogP contribution in [0, 0.1) is 17.6 Å². The SMILES string of the molecule is O=C(NCC1(c2cccc(F)c2)CCOCC1)C1CCN(S(=O)(=O)c2ccc(F)cc2)CC1. The van der Waals surface area contributed by atoms with Crippen LogP contribution in [0.4, 0.5) is 8.78 Å². The summed E-state index contributed by atoms with van der Waals surface area (Å²) in [6.45, 7) is 1.92.